The number of alkyl halides is 3. The maximum absolute atomic E-state index is 12.6. The highest BCUT2D eigenvalue weighted by molar-refractivity contribution is 5.27. The Labute approximate surface area is 113 Å². The second kappa shape index (κ2) is 5.62. The van der Waals surface area contributed by atoms with E-state index in [-0.39, 0.29) is 18.7 Å². The molecule has 1 aromatic carbocycles. The van der Waals surface area contributed by atoms with Crippen LogP contribution in [0.2, 0.25) is 0 Å². The summed E-state index contributed by atoms with van der Waals surface area (Å²) in [7, 11) is 0. The third kappa shape index (κ3) is 3.80. The van der Waals surface area contributed by atoms with Gasteiger partial charge in [-0.05, 0) is 18.6 Å². The number of hydrogen-bond donors (Lipinski definition) is 1. The summed E-state index contributed by atoms with van der Waals surface area (Å²) in [5.74, 6) is 0.557. The van der Waals surface area contributed by atoms with Gasteiger partial charge < -0.3 is 9.63 Å². The Morgan fingerprint density at radius 2 is 2.10 bits per heavy atom. The third-order valence-electron chi connectivity index (χ3n) is 2.60. The fourth-order valence-corrected chi connectivity index (χ4v) is 1.74. The van der Waals surface area contributed by atoms with Crippen molar-refractivity contribution in [2.24, 2.45) is 0 Å². The van der Waals surface area contributed by atoms with Crippen molar-refractivity contribution in [3.05, 3.63) is 47.1 Å². The van der Waals surface area contributed by atoms with Gasteiger partial charge in [0.25, 0.3) is 0 Å². The van der Waals surface area contributed by atoms with Crippen LogP contribution in [0.15, 0.2) is 28.8 Å². The van der Waals surface area contributed by atoms with Crippen molar-refractivity contribution in [3.63, 3.8) is 0 Å². The number of aromatic nitrogens is 2. The van der Waals surface area contributed by atoms with Gasteiger partial charge in [0.2, 0.25) is 5.89 Å². The normalized spacial score (nSPS) is 13.4. The first-order valence-corrected chi connectivity index (χ1v) is 6.00. The van der Waals surface area contributed by atoms with Crippen LogP contribution >= 0.6 is 0 Å². The molecule has 4 nitrogen and oxygen atoms in total. The number of benzene rings is 1. The van der Waals surface area contributed by atoms with Gasteiger partial charge in [0, 0.05) is 6.42 Å². The minimum atomic E-state index is -4.37. The van der Waals surface area contributed by atoms with Crippen molar-refractivity contribution in [1.29, 1.82) is 0 Å². The molecule has 2 rings (SSSR count). The van der Waals surface area contributed by atoms with Gasteiger partial charge in [-0.2, -0.15) is 18.2 Å². The summed E-state index contributed by atoms with van der Waals surface area (Å²) in [5.41, 5.74) is -0.272. The lowest BCUT2D eigenvalue weighted by atomic mass is 10.1. The first kappa shape index (κ1) is 14.5. The van der Waals surface area contributed by atoms with E-state index in [9.17, 15) is 18.3 Å². The van der Waals surface area contributed by atoms with E-state index in [1.807, 2.05) is 0 Å². The number of hydrogen-bond acceptors (Lipinski definition) is 4. The molecular formula is C13H13F3N2O2. The van der Waals surface area contributed by atoms with Crippen LogP contribution in [0.25, 0.3) is 0 Å². The minimum Gasteiger partial charge on any atom is -0.393 e. The number of nitrogens with zero attached hydrogens (tertiary/aromatic N) is 2. The summed E-state index contributed by atoms with van der Waals surface area (Å²) in [6.45, 7) is 1.59. The summed E-state index contributed by atoms with van der Waals surface area (Å²) >= 11 is 0. The number of halogens is 3. The predicted octanol–water partition coefficient (Wildman–Crippen LogP) is 2.60. The molecule has 0 saturated carbocycles. The summed E-state index contributed by atoms with van der Waals surface area (Å²) < 4.78 is 42.7. The van der Waals surface area contributed by atoms with Crippen LogP contribution in [0, 0.1) is 0 Å². The van der Waals surface area contributed by atoms with Crippen LogP contribution < -0.4 is 0 Å². The van der Waals surface area contributed by atoms with Crippen LogP contribution in [0.3, 0.4) is 0 Å². The minimum absolute atomic E-state index is 0.122. The molecule has 0 aliphatic carbocycles. The van der Waals surface area contributed by atoms with Gasteiger partial charge in [0.05, 0.1) is 18.1 Å². The van der Waals surface area contributed by atoms with Crippen LogP contribution in [-0.4, -0.2) is 21.4 Å². The fourth-order valence-electron chi connectivity index (χ4n) is 1.74. The lowest BCUT2D eigenvalue weighted by molar-refractivity contribution is -0.137. The van der Waals surface area contributed by atoms with Crippen molar-refractivity contribution in [1.82, 2.24) is 10.1 Å². The zero-order valence-electron chi connectivity index (χ0n) is 10.7. The largest absolute Gasteiger partial charge is 0.416 e. The Morgan fingerprint density at radius 3 is 2.75 bits per heavy atom. The molecule has 7 heteroatoms. The monoisotopic (exact) mass is 286 g/mol. The molecule has 20 heavy (non-hydrogen) atoms. The van der Waals surface area contributed by atoms with E-state index in [1.54, 1.807) is 13.0 Å². The summed E-state index contributed by atoms with van der Waals surface area (Å²) in [5, 5.41) is 12.8. The second-order valence-corrected chi connectivity index (χ2v) is 4.53. The molecule has 0 spiro atoms. The van der Waals surface area contributed by atoms with E-state index in [0.717, 1.165) is 12.1 Å². The Kier molecular flexibility index (Phi) is 4.08. The standard InChI is InChI=1S/C13H13F3N2O2/c1-8(19)5-11-17-12(20-18-11)7-9-3-2-4-10(6-9)13(14,15)16/h2-4,6,8,19H,5,7H2,1H3. The SMILES string of the molecule is CC(O)Cc1noc(Cc2cccc(C(F)(F)F)c2)n1. The molecule has 1 N–H and O–H groups in total. The number of aliphatic hydroxyl groups is 1. The first-order chi connectivity index (χ1) is 9.34. The van der Waals surface area contributed by atoms with Crippen molar-refractivity contribution in [3.8, 4) is 0 Å². The maximum Gasteiger partial charge on any atom is 0.416 e. The Balaban J connectivity index is 2.12. The van der Waals surface area contributed by atoms with Crippen LogP contribution in [0.4, 0.5) is 13.2 Å². The molecule has 0 fully saturated rings. The van der Waals surface area contributed by atoms with E-state index in [2.05, 4.69) is 10.1 Å². The second-order valence-electron chi connectivity index (χ2n) is 4.53. The summed E-state index contributed by atoms with van der Waals surface area (Å²) in [6, 6.07) is 4.97. The highest BCUT2D eigenvalue weighted by Gasteiger charge is 2.30. The van der Waals surface area contributed by atoms with Crippen LogP contribution in [0.1, 0.15) is 29.8 Å². The average molecular weight is 286 g/mol. The zero-order valence-corrected chi connectivity index (χ0v) is 10.7. The van der Waals surface area contributed by atoms with E-state index < -0.39 is 17.8 Å². The molecule has 108 valence electrons. The van der Waals surface area contributed by atoms with E-state index in [1.165, 1.54) is 6.07 Å². The van der Waals surface area contributed by atoms with Crippen LogP contribution in [0.5, 0.6) is 0 Å². The lowest BCUT2D eigenvalue weighted by Crippen LogP contribution is -2.06. The maximum atomic E-state index is 12.6. The van der Waals surface area contributed by atoms with Crippen molar-refractivity contribution >= 4 is 0 Å². The fraction of sp³-hybridized carbons (Fsp3) is 0.385. The molecule has 1 atom stereocenters. The molecule has 1 heterocycles. The van der Waals surface area contributed by atoms with Gasteiger partial charge in [-0.25, -0.2) is 0 Å². The molecule has 2 aromatic rings. The summed E-state index contributed by atoms with van der Waals surface area (Å²) in [6.07, 6.45) is -4.61. The molecule has 0 bridgehead atoms. The molecule has 1 aromatic heterocycles. The molecule has 1 unspecified atom stereocenters. The zero-order chi connectivity index (χ0) is 14.8. The summed E-state index contributed by atoms with van der Waals surface area (Å²) in [4.78, 5) is 4.02. The van der Waals surface area contributed by atoms with Gasteiger partial charge in [0.1, 0.15) is 0 Å². The molecule has 0 radical (unpaired) electrons. The first-order valence-electron chi connectivity index (χ1n) is 6.00. The quantitative estimate of drug-likeness (QED) is 0.938. The van der Waals surface area contributed by atoms with Crippen LogP contribution in [-0.2, 0) is 19.0 Å². The van der Waals surface area contributed by atoms with E-state index in [0.29, 0.717) is 11.4 Å². The number of aliphatic hydroxyl groups excluding tert-OH is 1. The average Bonchev–Trinajstić information content (AvgIpc) is 2.75. The molecule has 0 aliphatic rings. The number of rotatable bonds is 4. The van der Waals surface area contributed by atoms with E-state index in [4.69, 9.17) is 4.52 Å². The highest BCUT2D eigenvalue weighted by atomic mass is 19.4. The molecular weight excluding hydrogens is 273 g/mol. The predicted molar refractivity (Wildman–Crippen MR) is 63.9 cm³/mol. The van der Waals surface area contributed by atoms with Crippen molar-refractivity contribution < 1.29 is 22.8 Å². The topological polar surface area (TPSA) is 59.2 Å². The Bertz CT molecular complexity index is 579. The molecule has 0 aliphatic heterocycles. The van der Waals surface area contributed by atoms with Gasteiger partial charge >= 0.3 is 6.18 Å². The third-order valence-corrected chi connectivity index (χ3v) is 2.60. The van der Waals surface area contributed by atoms with Crippen molar-refractivity contribution in [2.75, 3.05) is 0 Å². The van der Waals surface area contributed by atoms with Gasteiger partial charge in [-0.15, -0.1) is 0 Å². The van der Waals surface area contributed by atoms with Gasteiger partial charge in [-0.1, -0.05) is 23.4 Å². The highest BCUT2D eigenvalue weighted by Crippen LogP contribution is 2.29. The Morgan fingerprint density at radius 1 is 1.35 bits per heavy atom. The van der Waals surface area contributed by atoms with Crippen molar-refractivity contribution in [2.45, 2.75) is 32.0 Å². The van der Waals surface area contributed by atoms with Gasteiger partial charge in [0.15, 0.2) is 5.82 Å². The molecule has 0 saturated heterocycles. The molecule has 0 amide bonds. The Hall–Kier alpha value is -1.89. The van der Waals surface area contributed by atoms with Gasteiger partial charge in [-0.3, -0.25) is 0 Å². The smallest absolute Gasteiger partial charge is 0.393 e. The lowest BCUT2D eigenvalue weighted by Gasteiger charge is -2.07. The van der Waals surface area contributed by atoms with E-state index >= 15 is 0 Å².